The number of halogens is 3. The van der Waals surface area contributed by atoms with Crippen molar-refractivity contribution in [1.29, 1.82) is 5.26 Å². The Morgan fingerprint density at radius 1 is 1.50 bits per heavy atom. The number of hydrogen-bond donors (Lipinski definition) is 1. The lowest BCUT2D eigenvalue weighted by Gasteiger charge is -2.27. The van der Waals surface area contributed by atoms with Crippen LogP contribution in [0.2, 0.25) is 0 Å². The first kappa shape index (κ1) is 17.9. The second-order valence-corrected chi connectivity index (χ2v) is 5.67. The molecule has 0 fully saturated rings. The van der Waals surface area contributed by atoms with Crippen LogP contribution in [0.5, 0.6) is 0 Å². The number of ether oxygens (including phenoxy) is 2. The van der Waals surface area contributed by atoms with Gasteiger partial charge >= 0.3 is 5.97 Å². The van der Waals surface area contributed by atoms with Crippen LogP contribution in [0.3, 0.4) is 0 Å². The maximum atomic E-state index is 14.6. The van der Waals surface area contributed by atoms with Crippen molar-refractivity contribution in [3.05, 3.63) is 56.6 Å². The molecule has 5 nitrogen and oxygen atoms in total. The second kappa shape index (κ2) is 7.01. The first-order valence-corrected chi connectivity index (χ1v) is 7.71. The third-order valence-corrected chi connectivity index (χ3v) is 4.20. The lowest BCUT2D eigenvalue weighted by molar-refractivity contribution is -0.139. The normalized spacial score (nSPS) is 17.4. The summed E-state index contributed by atoms with van der Waals surface area (Å²) >= 11 is 2.81. The van der Waals surface area contributed by atoms with Gasteiger partial charge in [0.05, 0.1) is 22.6 Å². The maximum Gasteiger partial charge on any atom is 0.338 e. The summed E-state index contributed by atoms with van der Waals surface area (Å²) in [6.07, 6.45) is 0. The molecule has 0 bridgehead atoms. The van der Waals surface area contributed by atoms with Gasteiger partial charge in [-0.3, -0.25) is 0 Å². The highest BCUT2D eigenvalue weighted by molar-refractivity contribution is 9.10. The van der Waals surface area contributed by atoms with E-state index in [0.717, 1.165) is 12.1 Å². The van der Waals surface area contributed by atoms with Crippen molar-refractivity contribution in [2.24, 2.45) is 5.73 Å². The van der Waals surface area contributed by atoms with E-state index < -0.39 is 28.0 Å². The molecule has 8 heteroatoms. The van der Waals surface area contributed by atoms with Crippen molar-refractivity contribution >= 4 is 21.9 Å². The Labute approximate surface area is 145 Å². The molecule has 0 aliphatic carbocycles. The molecular weight excluding hydrogens is 386 g/mol. The van der Waals surface area contributed by atoms with Gasteiger partial charge in [-0.2, -0.15) is 5.26 Å². The molecule has 0 saturated heterocycles. The van der Waals surface area contributed by atoms with Crippen LogP contribution in [-0.2, 0) is 14.3 Å². The number of nitrogens with two attached hydrogens (primary N) is 1. The molecule has 24 heavy (non-hydrogen) atoms. The van der Waals surface area contributed by atoms with E-state index in [1.165, 1.54) is 6.92 Å². The van der Waals surface area contributed by atoms with Crippen LogP contribution < -0.4 is 5.73 Å². The number of esters is 1. The molecular formula is C16H13BrF2N2O3. The SMILES string of the molecule is CCOC(=O)C1=C(C)OC(N)=C(C#N)C1c1ccc(F)c(Br)c1F. The minimum absolute atomic E-state index is 0.0555. The van der Waals surface area contributed by atoms with Crippen LogP contribution in [0.4, 0.5) is 8.78 Å². The number of rotatable bonds is 3. The van der Waals surface area contributed by atoms with Crippen LogP contribution in [0.25, 0.3) is 0 Å². The van der Waals surface area contributed by atoms with E-state index in [9.17, 15) is 18.8 Å². The Bertz CT molecular complexity index is 812. The van der Waals surface area contributed by atoms with Gasteiger partial charge in [0.25, 0.3) is 0 Å². The summed E-state index contributed by atoms with van der Waals surface area (Å²) in [6.45, 7) is 3.15. The Morgan fingerprint density at radius 2 is 2.17 bits per heavy atom. The van der Waals surface area contributed by atoms with Crippen molar-refractivity contribution in [3.63, 3.8) is 0 Å². The number of allylic oxidation sites excluding steroid dienone is 2. The number of carbonyl (C=O) groups excluding carboxylic acids is 1. The third kappa shape index (κ3) is 2.99. The Morgan fingerprint density at radius 3 is 2.75 bits per heavy atom. The van der Waals surface area contributed by atoms with Gasteiger partial charge < -0.3 is 15.2 Å². The largest absolute Gasteiger partial charge is 0.463 e. The van der Waals surface area contributed by atoms with Gasteiger partial charge in [0.15, 0.2) is 0 Å². The quantitative estimate of drug-likeness (QED) is 0.622. The van der Waals surface area contributed by atoms with E-state index in [1.54, 1.807) is 6.92 Å². The van der Waals surface area contributed by atoms with Crippen molar-refractivity contribution in [1.82, 2.24) is 0 Å². The molecule has 1 aromatic carbocycles. The molecule has 0 amide bonds. The number of nitrogens with zero attached hydrogens (tertiary/aromatic N) is 1. The standard InChI is InChI=1S/C16H13BrF2N2O3/c1-3-23-16(22)11-7(2)24-15(21)9(6-20)12(11)8-4-5-10(18)13(17)14(8)19/h4-5,12H,3,21H2,1-2H3. The van der Waals surface area contributed by atoms with Gasteiger partial charge in [-0.15, -0.1) is 0 Å². The molecule has 1 atom stereocenters. The average Bonchev–Trinajstić information content (AvgIpc) is 2.52. The van der Waals surface area contributed by atoms with Crippen molar-refractivity contribution in [3.8, 4) is 6.07 Å². The predicted molar refractivity (Wildman–Crippen MR) is 84.0 cm³/mol. The van der Waals surface area contributed by atoms with Crippen LogP contribution in [0.15, 0.2) is 39.4 Å². The van der Waals surface area contributed by atoms with Crippen LogP contribution in [0.1, 0.15) is 25.3 Å². The fraction of sp³-hybridized carbons (Fsp3) is 0.250. The highest BCUT2D eigenvalue weighted by atomic mass is 79.9. The first-order chi connectivity index (χ1) is 11.3. The molecule has 0 saturated carbocycles. The van der Waals surface area contributed by atoms with E-state index in [1.807, 2.05) is 6.07 Å². The average molecular weight is 399 g/mol. The highest BCUT2D eigenvalue weighted by Gasteiger charge is 2.38. The first-order valence-electron chi connectivity index (χ1n) is 6.92. The zero-order valence-electron chi connectivity index (χ0n) is 12.8. The fourth-order valence-corrected chi connectivity index (χ4v) is 2.79. The molecule has 2 rings (SSSR count). The Balaban J connectivity index is 2.72. The molecule has 0 aromatic heterocycles. The molecule has 1 aliphatic rings. The lowest BCUT2D eigenvalue weighted by atomic mass is 9.83. The molecule has 1 heterocycles. The molecule has 0 spiro atoms. The van der Waals surface area contributed by atoms with Crippen LogP contribution in [0, 0.1) is 23.0 Å². The molecule has 0 radical (unpaired) electrons. The molecule has 1 aromatic rings. The van der Waals surface area contributed by atoms with Crippen molar-refractivity contribution in [2.45, 2.75) is 19.8 Å². The van der Waals surface area contributed by atoms with E-state index in [0.29, 0.717) is 0 Å². The summed E-state index contributed by atoms with van der Waals surface area (Å²) in [5.41, 5.74) is 5.41. The van der Waals surface area contributed by atoms with Crippen LogP contribution >= 0.6 is 15.9 Å². The Hall–Kier alpha value is -2.40. The molecule has 1 aliphatic heterocycles. The van der Waals surface area contributed by atoms with E-state index in [4.69, 9.17) is 15.2 Å². The summed E-state index contributed by atoms with van der Waals surface area (Å²) in [4.78, 5) is 12.3. The summed E-state index contributed by atoms with van der Waals surface area (Å²) in [6, 6.07) is 4.01. The van der Waals surface area contributed by atoms with Crippen molar-refractivity contribution < 1.29 is 23.0 Å². The summed E-state index contributed by atoms with van der Waals surface area (Å²) in [5.74, 6) is -3.81. The Kier molecular flexibility index (Phi) is 5.24. The van der Waals surface area contributed by atoms with Gasteiger partial charge in [-0.05, 0) is 35.8 Å². The zero-order chi connectivity index (χ0) is 18.0. The smallest absolute Gasteiger partial charge is 0.338 e. The van der Waals surface area contributed by atoms with E-state index in [2.05, 4.69) is 15.9 Å². The lowest BCUT2D eigenvalue weighted by Crippen LogP contribution is -2.26. The minimum Gasteiger partial charge on any atom is -0.463 e. The molecule has 126 valence electrons. The number of carbonyl (C=O) groups is 1. The maximum absolute atomic E-state index is 14.6. The second-order valence-electron chi connectivity index (χ2n) is 4.88. The topological polar surface area (TPSA) is 85.3 Å². The van der Waals surface area contributed by atoms with Gasteiger partial charge in [-0.1, -0.05) is 6.07 Å². The fourth-order valence-electron chi connectivity index (χ4n) is 2.43. The number of benzene rings is 1. The zero-order valence-corrected chi connectivity index (χ0v) is 14.4. The molecule has 1 unspecified atom stereocenters. The molecule has 2 N–H and O–H groups in total. The van der Waals surface area contributed by atoms with Crippen molar-refractivity contribution in [2.75, 3.05) is 6.61 Å². The van der Waals surface area contributed by atoms with Gasteiger partial charge in [-0.25, -0.2) is 13.6 Å². The highest BCUT2D eigenvalue weighted by Crippen LogP contribution is 2.41. The third-order valence-electron chi connectivity index (χ3n) is 3.48. The monoisotopic (exact) mass is 398 g/mol. The van der Waals surface area contributed by atoms with Gasteiger partial charge in [0, 0.05) is 5.56 Å². The van der Waals surface area contributed by atoms with Crippen LogP contribution in [-0.4, -0.2) is 12.6 Å². The van der Waals surface area contributed by atoms with E-state index >= 15 is 0 Å². The summed E-state index contributed by atoms with van der Waals surface area (Å²) < 4.78 is 37.9. The van der Waals surface area contributed by atoms with Gasteiger partial charge in [0.2, 0.25) is 5.88 Å². The van der Waals surface area contributed by atoms with Gasteiger partial charge in [0.1, 0.15) is 29.0 Å². The minimum atomic E-state index is -1.15. The van der Waals surface area contributed by atoms with E-state index in [-0.39, 0.29) is 35.0 Å². The predicted octanol–water partition coefficient (Wildman–Crippen LogP) is 3.37. The number of hydrogen-bond acceptors (Lipinski definition) is 5. The number of nitriles is 1. The summed E-state index contributed by atoms with van der Waals surface area (Å²) in [5, 5.41) is 9.37. The summed E-state index contributed by atoms with van der Waals surface area (Å²) in [7, 11) is 0.